The molecule has 29 heavy (non-hydrogen) atoms. The van der Waals surface area contributed by atoms with E-state index in [9.17, 15) is 13.8 Å². The van der Waals surface area contributed by atoms with Crippen molar-refractivity contribution in [3.8, 4) is 11.5 Å². The molecule has 0 aliphatic carbocycles. The molecule has 1 heterocycles. The highest BCUT2D eigenvalue weighted by molar-refractivity contribution is 7.85. The number of rotatable bonds is 8. The van der Waals surface area contributed by atoms with Crippen molar-refractivity contribution in [3.63, 3.8) is 0 Å². The lowest BCUT2D eigenvalue weighted by atomic mass is 10.3. The lowest BCUT2D eigenvalue weighted by Crippen LogP contribution is -2.29. The number of anilines is 1. The normalized spacial score (nSPS) is 12.7. The van der Waals surface area contributed by atoms with E-state index in [1.165, 1.54) is 12.1 Å². The number of carboxylic acids is 1. The summed E-state index contributed by atoms with van der Waals surface area (Å²) in [5.41, 5.74) is 0.547. The van der Waals surface area contributed by atoms with E-state index in [0.29, 0.717) is 17.2 Å². The monoisotopic (exact) mass is 413 g/mol. The fraction of sp³-hybridized carbons (Fsp3) is 0.143. The Morgan fingerprint density at radius 3 is 2.31 bits per heavy atom. The molecule has 150 valence electrons. The number of hydrogen-bond acceptors (Lipinski definition) is 5. The standard InChI is InChI=1S/C21H19NO6S/c1-14(29(26)13-18-11-12-19(28-18)21(24)25)20(23)22-15-7-9-17(10-8-15)27-16-5-3-2-4-6-16/h2-12,14H,13H2,1H3,(H,22,23)(H,24,25). The molecule has 0 aliphatic heterocycles. The third kappa shape index (κ3) is 5.55. The van der Waals surface area contributed by atoms with Crippen molar-refractivity contribution in [1.82, 2.24) is 0 Å². The molecule has 0 bridgehead atoms. The number of benzene rings is 2. The molecule has 1 amide bonds. The van der Waals surface area contributed by atoms with Crippen LogP contribution in [0.4, 0.5) is 5.69 Å². The number of para-hydroxylation sites is 1. The van der Waals surface area contributed by atoms with Gasteiger partial charge >= 0.3 is 5.97 Å². The predicted octanol–water partition coefficient (Wildman–Crippen LogP) is 4.05. The number of carbonyl (C=O) groups excluding carboxylic acids is 1. The quantitative estimate of drug-likeness (QED) is 0.577. The maximum atomic E-state index is 12.4. The van der Waals surface area contributed by atoms with E-state index >= 15 is 0 Å². The molecule has 8 heteroatoms. The Labute approximate surface area is 169 Å². The van der Waals surface area contributed by atoms with Crippen molar-refractivity contribution in [3.05, 3.63) is 78.3 Å². The molecule has 2 atom stereocenters. The lowest BCUT2D eigenvalue weighted by molar-refractivity contribution is -0.115. The molecule has 0 fully saturated rings. The number of ether oxygens (including phenoxy) is 1. The predicted molar refractivity (Wildman–Crippen MR) is 109 cm³/mol. The van der Waals surface area contributed by atoms with Crippen LogP contribution in [0.5, 0.6) is 11.5 Å². The van der Waals surface area contributed by atoms with Crippen LogP contribution in [0.25, 0.3) is 0 Å². The molecule has 0 spiro atoms. The third-order valence-electron chi connectivity index (χ3n) is 4.02. The third-order valence-corrected chi connectivity index (χ3v) is 5.59. The summed E-state index contributed by atoms with van der Waals surface area (Å²) in [6.45, 7) is 1.54. The summed E-state index contributed by atoms with van der Waals surface area (Å²) >= 11 is 0. The Kier molecular flexibility index (Phi) is 6.46. The van der Waals surface area contributed by atoms with Crippen LogP contribution < -0.4 is 10.1 Å². The molecule has 7 nitrogen and oxygen atoms in total. The number of carboxylic acid groups (broad SMARTS) is 1. The topological polar surface area (TPSA) is 106 Å². The summed E-state index contributed by atoms with van der Waals surface area (Å²) in [5, 5.41) is 10.8. The van der Waals surface area contributed by atoms with Crippen molar-refractivity contribution in [2.45, 2.75) is 17.9 Å². The summed E-state index contributed by atoms with van der Waals surface area (Å²) < 4.78 is 23.2. The molecule has 0 saturated carbocycles. The molecule has 3 rings (SSSR count). The molecule has 0 aliphatic rings. The summed E-state index contributed by atoms with van der Waals surface area (Å²) in [5.74, 6) is -0.311. The van der Waals surface area contributed by atoms with Crippen LogP contribution in [0, 0.1) is 0 Å². The van der Waals surface area contributed by atoms with E-state index in [0.717, 1.165) is 0 Å². The summed E-state index contributed by atoms with van der Waals surface area (Å²) in [7, 11) is -1.57. The summed E-state index contributed by atoms with van der Waals surface area (Å²) in [6.07, 6.45) is 0. The number of amides is 1. The Hall–Kier alpha value is -3.39. The van der Waals surface area contributed by atoms with E-state index in [-0.39, 0.29) is 17.3 Å². The summed E-state index contributed by atoms with van der Waals surface area (Å²) in [4.78, 5) is 23.2. The number of aromatic carboxylic acids is 1. The summed E-state index contributed by atoms with van der Waals surface area (Å²) in [6, 6.07) is 18.9. The van der Waals surface area contributed by atoms with Gasteiger partial charge in [0.1, 0.15) is 22.5 Å². The second kappa shape index (κ2) is 9.20. The first kappa shape index (κ1) is 20.3. The zero-order valence-corrected chi connectivity index (χ0v) is 16.3. The van der Waals surface area contributed by atoms with Gasteiger partial charge in [0.15, 0.2) is 0 Å². The van der Waals surface area contributed by atoms with Crippen LogP contribution in [0.2, 0.25) is 0 Å². The van der Waals surface area contributed by atoms with E-state index in [2.05, 4.69) is 5.32 Å². The highest BCUT2D eigenvalue weighted by atomic mass is 32.2. The molecule has 2 aromatic carbocycles. The van der Waals surface area contributed by atoms with Crippen LogP contribution in [0.3, 0.4) is 0 Å². The van der Waals surface area contributed by atoms with Gasteiger partial charge in [0.2, 0.25) is 11.7 Å². The van der Waals surface area contributed by atoms with Crippen LogP contribution in [-0.2, 0) is 21.3 Å². The molecule has 0 saturated heterocycles. The van der Waals surface area contributed by atoms with Gasteiger partial charge in [0.05, 0.1) is 5.75 Å². The zero-order chi connectivity index (χ0) is 20.8. The molecule has 2 unspecified atom stereocenters. The fourth-order valence-corrected chi connectivity index (χ4v) is 3.41. The minimum absolute atomic E-state index is 0.0499. The van der Waals surface area contributed by atoms with Crippen molar-refractivity contribution < 1.29 is 28.1 Å². The van der Waals surface area contributed by atoms with Crippen LogP contribution in [0.15, 0.2) is 71.1 Å². The van der Waals surface area contributed by atoms with Crippen molar-refractivity contribution in [2.75, 3.05) is 5.32 Å². The Morgan fingerprint density at radius 1 is 1.03 bits per heavy atom. The second-order valence-corrected chi connectivity index (χ2v) is 7.92. The van der Waals surface area contributed by atoms with Gasteiger partial charge in [-0.15, -0.1) is 0 Å². The molecule has 2 N–H and O–H groups in total. The highest BCUT2D eigenvalue weighted by Crippen LogP contribution is 2.23. The first-order valence-electron chi connectivity index (χ1n) is 8.75. The number of nitrogens with one attached hydrogen (secondary N) is 1. The Bertz CT molecular complexity index is 1010. The van der Waals surface area contributed by atoms with Gasteiger partial charge in [-0.2, -0.15) is 0 Å². The first-order chi connectivity index (χ1) is 13.9. The van der Waals surface area contributed by atoms with Crippen LogP contribution in [0.1, 0.15) is 23.2 Å². The van der Waals surface area contributed by atoms with Gasteiger partial charge in [0, 0.05) is 16.5 Å². The number of carbonyl (C=O) groups is 2. The maximum Gasteiger partial charge on any atom is 0.371 e. The second-order valence-electron chi connectivity index (χ2n) is 6.17. The van der Waals surface area contributed by atoms with Gasteiger partial charge in [-0.25, -0.2) is 4.79 Å². The molecule has 3 aromatic rings. The first-order valence-corrected chi connectivity index (χ1v) is 10.1. The van der Waals surface area contributed by atoms with E-state index in [1.807, 2.05) is 30.3 Å². The minimum atomic E-state index is -1.57. The van der Waals surface area contributed by atoms with Gasteiger partial charge in [-0.05, 0) is 55.5 Å². The molecule has 0 radical (unpaired) electrons. The number of hydrogen-bond donors (Lipinski definition) is 2. The molecular weight excluding hydrogens is 394 g/mol. The highest BCUT2D eigenvalue weighted by Gasteiger charge is 2.22. The lowest BCUT2D eigenvalue weighted by Gasteiger charge is -2.12. The van der Waals surface area contributed by atoms with Crippen LogP contribution >= 0.6 is 0 Å². The van der Waals surface area contributed by atoms with Crippen molar-refractivity contribution in [2.24, 2.45) is 0 Å². The average Bonchev–Trinajstić information content (AvgIpc) is 3.18. The largest absolute Gasteiger partial charge is 0.475 e. The van der Waals surface area contributed by atoms with E-state index in [4.69, 9.17) is 14.3 Å². The Balaban J connectivity index is 1.55. The van der Waals surface area contributed by atoms with Crippen LogP contribution in [-0.4, -0.2) is 26.4 Å². The van der Waals surface area contributed by atoms with E-state index in [1.54, 1.807) is 31.2 Å². The van der Waals surface area contributed by atoms with Crippen molar-refractivity contribution >= 4 is 28.4 Å². The van der Waals surface area contributed by atoms with Gasteiger partial charge in [0.25, 0.3) is 0 Å². The average molecular weight is 413 g/mol. The van der Waals surface area contributed by atoms with Crippen molar-refractivity contribution in [1.29, 1.82) is 0 Å². The maximum absolute atomic E-state index is 12.4. The van der Waals surface area contributed by atoms with E-state index < -0.39 is 27.9 Å². The van der Waals surface area contributed by atoms with Gasteiger partial charge in [-0.3, -0.25) is 9.00 Å². The van der Waals surface area contributed by atoms with Gasteiger partial charge in [-0.1, -0.05) is 18.2 Å². The number of furan rings is 1. The fourth-order valence-electron chi connectivity index (χ4n) is 2.43. The SMILES string of the molecule is CC(C(=O)Nc1ccc(Oc2ccccc2)cc1)S(=O)Cc1ccc(C(=O)O)o1. The molecule has 1 aromatic heterocycles. The zero-order valence-electron chi connectivity index (χ0n) is 15.5. The smallest absolute Gasteiger partial charge is 0.371 e. The minimum Gasteiger partial charge on any atom is -0.475 e. The Morgan fingerprint density at radius 2 is 1.69 bits per heavy atom. The van der Waals surface area contributed by atoms with Gasteiger partial charge < -0.3 is 19.6 Å². The molecular formula is C21H19NO6S.